The maximum atomic E-state index is 12.5. The number of hydrogen-bond donors (Lipinski definition) is 1. The minimum atomic E-state index is 0.0417. The number of hydrogen-bond acceptors (Lipinski definition) is 5. The standard InChI is InChI=1S/C19H20N4OS/c1-13-2-3-17(21-12-13)22-19(24)14-5-9-23(10-6-14)16-4-8-20-15-7-11-25-18(15)16/h2-4,7-8,11-12,14H,5-6,9-10H2,1H3,(H,21,22,24). The molecule has 3 aromatic heterocycles. The van der Waals surface area contributed by atoms with E-state index in [0.29, 0.717) is 5.82 Å². The van der Waals surface area contributed by atoms with Gasteiger partial charge in [-0.15, -0.1) is 11.3 Å². The molecule has 4 heterocycles. The SMILES string of the molecule is Cc1ccc(NC(=O)C2CCN(c3ccnc4ccsc34)CC2)nc1. The van der Waals surface area contributed by atoms with Crippen molar-refractivity contribution in [2.45, 2.75) is 19.8 Å². The fourth-order valence-corrected chi connectivity index (χ4v) is 4.15. The number of pyridine rings is 2. The summed E-state index contributed by atoms with van der Waals surface area (Å²) in [5.41, 5.74) is 3.37. The molecule has 1 aliphatic rings. The smallest absolute Gasteiger partial charge is 0.228 e. The molecule has 0 radical (unpaired) electrons. The number of carbonyl (C=O) groups excluding carboxylic acids is 1. The Morgan fingerprint density at radius 1 is 1.20 bits per heavy atom. The monoisotopic (exact) mass is 352 g/mol. The summed E-state index contributed by atoms with van der Waals surface area (Å²) >= 11 is 1.73. The maximum Gasteiger partial charge on any atom is 0.228 e. The lowest BCUT2D eigenvalue weighted by Gasteiger charge is -2.33. The van der Waals surface area contributed by atoms with Crippen LogP contribution in [0.25, 0.3) is 10.2 Å². The number of aromatic nitrogens is 2. The summed E-state index contributed by atoms with van der Waals surface area (Å²) in [4.78, 5) is 23.5. The Morgan fingerprint density at radius 3 is 2.80 bits per heavy atom. The van der Waals surface area contributed by atoms with Gasteiger partial charge >= 0.3 is 0 Å². The quantitative estimate of drug-likeness (QED) is 0.778. The molecule has 0 atom stereocenters. The molecule has 0 unspecified atom stereocenters. The Morgan fingerprint density at radius 2 is 2.04 bits per heavy atom. The summed E-state index contributed by atoms with van der Waals surface area (Å²) in [5.74, 6) is 0.750. The van der Waals surface area contributed by atoms with Crippen LogP contribution >= 0.6 is 11.3 Å². The van der Waals surface area contributed by atoms with Crippen molar-refractivity contribution < 1.29 is 4.79 Å². The highest BCUT2D eigenvalue weighted by Gasteiger charge is 2.26. The molecule has 6 heteroatoms. The number of amides is 1. The third kappa shape index (κ3) is 3.35. The first-order valence-electron chi connectivity index (χ1n) is 8.51. The Bertz CT molecular complexity index is 882. The minimum Gasteiger partial charge on any atom is -0.370 e. The number of nitrogens with one attached hydrogen (secondary N) is 1. The van der Waals surface area contributed by atoms with E-state index >= 15 is 0 Å². The van der Waals surface area contributed by atoms with Gasteiger partial charge in [0.1, 0.15) is 5.82 Å². The van der Waals surface area contributed by atoms with Crippen molar-refractivity contribution >= 4 is 39.0 Å². The third-order valence-corrected chi connectivity index (χ3v) is 5.62. The summed E-state index contributed by atoms with van der Waals surface area (Å²) in [5, 5.41) is 5.02. The molecule has 4 rings (SSSR count). The number of piperidine rings is 1. The summed E-state index contributed by atoms with van der Waals surface area (Å²) in [6, 6.07) is 7.95. The van der Waals surface area contributed by atoms with Crippen molar-refractivity contribution in [3.05, 3.63) is 47.6 Å². The lowest BCUT2D eigenvalue weighted by Crippen LogP contribution is -2.38. The molecule has 1 N–H and O–H groups in total. The number of rotatable bonds is 3. The molecule has 0 aromatic carbocycles. The minimum absolute atomic E-state index is 0.0417. The van der Waals surface area contributed by atoms with E-state index in [-0.39, 0.29) is 11.8 Å². The predicted octanol–water partition coefficient (Wildman–Crippen LogP) is 3.85. The summed E-state index contributed by atoms with van der Waals surface area (Å²) in [7, 11) is 0. The lowest BCUT2D eigenvalue weighted by atomic mass is 9.95. The molecule has 5 nitrogen and oxygen atoms in total. The fourth-order valence-electron chi connectivity index (χ4n) is 3.26. The molecule has 25 heavy (non-hydrogen) atoms. The number of aryl methyl sites for hydroxylation is 1. The maximum absolute atomic E-state index is 12.5. The van der Waals surface area contributed by atoms with Gasteiger partial charge in [-0.2, -0.15) is 0 Å². The zero-order valence-corrected chi connectivity index (χ0v) is 14.9. The molecular formula is C19H20N4OS. The van der Waals surface area contributed by atoms with Crippen LogP contribution in [0.2, 0.25) is 0 Å². The van der Waals surface area contributed by atoms with Crippen molar-refractivity contribution in [2.75, 3.05) is 23.3 Å². The zero-order valence-electron chi connectivity index (χ0n) is 14.1. The van der Waals surface area contributed by atoms with Crippen molar-refractivity contribution in [2.24, 2.45) is 5.92 Å². The van der Waals surface area contributed by atoms with Gasteiger partial charge in [0.05, 0.1) is 15.9 Å². The first-order valence-corrected chi connectivity index (χ1v) is 9.39. The molecule has 0 saturated carbocycles. The highest BCUT2D eigenvalue weighted by molar-refractivity contribution is 7.17. The van der Waals surface area contributed by atoms with E-state index < -0.39 is 0 Å². The fraction of sp³-hybridized carbons (Fsp3) is 0.316. The van der Waals surface area contributed by atoms with Gasteiger partial charge in [0.15, 0.2) is 0 Å². The van der Waals surface area contributed by atoms with E-state index in [4.69, 9.17) is 0 Å². The van der Waals surface area contributed by atoms with Gasteiger partial charge in [-0.25, -0.2) is 4.98 Å². The summed E-state index contributed by atoms with van der Waals surface area (Å²) < 4.78 is 1.23. The molecular weight excluding hydrogens is 332 g/mol. The van der Waals surface area contributed by atoms with E-state index in [9.17, 15) is 4.79 Å². The number of nitrogens with zero attached hydrogens (tertiary/aromatic N) is 3. The van der Waals surface area contributed by atoms with Crippen LogP contribution in [-0.4, -0.2) is 29.0 Å². The van der Waals surface area contributed by atoms with Gasteiger partial charge in [0.25, 0.3) is 0 Å². The van der Waals surface area contributed by atoms with Gasteiger partial charge in [0, 0.05) is 31.4 Å². The van der Waals surface area contributed by atoms with Gasteiger partial charge in [-0.05, 0) is 48.9 Å². The molecule has 3 aromatic rings. The van der Waals surface area contributed by atoms with Crippen LogP contribution in [0.1, 0.15) is 18.4 Å². The zero-order chi connectivity index (χ0) is 17.2. The van der Waals surface area contributed by atoms with Gasteiger partial charge in [-0.1, -0.05) is 6.07 Å². The van der Waals surface area contributed by atoms with Crippen LogP contribution in [0.15, 0.2) is 42.0 Å². The molecule has 0 aliphatic carbocycles. The average molecular weight is 352 g/mol. The lowest BCUT2D eigenvalue weighted by molar-refractivity contribution is -0.120. The molecule has 128 valence electrons. The Labute approximate surface area is 150 Å². The van der Waals surface area contributed by atoms with Crippen molar-refractivity contribution in [3.8, 4) is 0 Å². The van der Waals surface area contributed by atoms with Crippen molar-refractivity contribution in [1.29, 1.82) is 0 Å². The number of anilines is 2. The molecule has 0 spiro atoms. The number of thiophene rings is 1. The van der Waals surface area contributed by atoms with E-state index in [1.165, 1.54) is 10.4 Å². The summed E-state index contributed by atoms with van der Waals surface area (Å²) in [6.45, 7) is 3.75. The first-order chi connectivity index (χ1) is 12.2. The molecule has 1 amide bonds. The van der Waals surface area contributed by atoms with Crippen molar-refractivity contribution in [1.82, 2.24) is 9.97 Å². The second kappa shape index (κ2) is 6.80. The predicted molar refractivity (Wildman–Crippen MR) is 102 cm³/mol. The molecule has 1 aliphatic heterocycles. The average Bonchev–Trinajstić information content (AvgIpc) is 3.12. The van der Waals surface area contributed by atoms with Crippen LogP contribution in [0.5, 0.6) is 0 Å². The summed E-state index contributed by atoms with van der Waals surface area (Å²) in [6.07, 6.45) is 5.35. The van der Waals surface area contributed by atoms with E-state index in [1.807, 2.05) is 25.3 Å². The van der Waals surface area contributed by atoms with Crippen molar-refractivity contribution in [3.63, 3.8) is 0 Å². The highest BCUT2D eigenvalue weighted by Crippen LogP contribution is 2.32. The second-order valence-electron chi connectivity index (χ2n) is 6.44. The first kappa shape index (κ1) is 16.0. The van der Waals surface area contributed by atoms with Crippen LogP contribution < -0.4 is 10.2 Å². The van der Waals surface area contributed by atoms with Gasteiger partial charge < -0.3 is 10.2 Å². The normalized spacial score (nSPS) is 15.5. The van der Waals surface area contributed by atoms with E-state index in [0.717, 1.165) is 37.0 Å². The van der Waals surface area contributed by atoms with Crippen LogP contribution in [-0.2, 0) is 4.79 Å². The van der Waals surface area contributed by atoms with E-state index in [2.05, 4.69) is 37.7 Å². The van der Waals surface area contributed by atoms with Crippen LogP contribution in [0.3, 0.4) is 0 Å². The van der Waals surface area contributed by atoms with Crippen LogP contribution in [0, 0.1) is 12.8 Å². The molecule has 0 bridgehead atoms. The largest absolute Gasteiger partial charge is 0.370 e. The van der Waals surface area contributed by atoms with Gasteiger partial charge in [-0.3, -0.25) is 9.78 Å². The Hall–Kier alpha value is -2.47. The topological polar surface area (TPSA) is 58.1 Å². The third-order valence-electron chi connectivity index (χ3n) is 4.69. The number of carbonyl (C=O) groups is 1. The Balaban J connectivity index is 1.40. The Kier molecular flexibility index (Phi) is 4.36. The highest BCUT2D eigenvalue weighted by atomic mass is 32.1. The molecule has 1 saturated heterocycles. The molecule has 1 fully saturated rings. The second-order valence-corrected chi connectivity index (χ2v) is 7.35. The number of fused-ring (bicyclic) bond motifs is 1. The van der Waals surface area contributed by atoms with E-state index in [1.54, 1.807) is 17.5 Å². The van der Waals surface area contributed by atoms with Gasteiger partial charge in [0.2, 0.25) is 5.91 Å². The van der Waals surface area contributed by atoms with Crippen LogP contribution in [0.4, 0.5) is 11.5 Å².